The largest absolute Gasteiger partial charge is 0.469 e. The average Bonchev–Trinajstić information content (AvgIpc) is 2.30. The number of hydrogen-bond donors (Lipinski definition) is 0. The van der Waals surface area contributed by atoms with Crippen molar-refractivity contribution in [2.45, 2.75) is 19.3 Å². The fourth-order valence-corrected chi connectivity index (χ4v) is 2.14. The lowest BCUT2D eigenvalue weighted by atomic mass is 9.96. The van der Waals surface area contributed by atoms with Crippen LogP contribution >= 0.6 is 0 Å². The highest BCUT2D eigenvalue weighted by molar-refractivity contribution is 7.86. The third-order valence-electron chi connectivity index (χ3n) is 2.43. The van der Waals surface area contributed by atoms with Gasteiger partial charge < -0.3 is 8.92 Å². The van der Waals surface area contributed by atoms with Gasteiger partial charge in [-0.1, -0.05) is 25.1 Å². The number of rotatable bonds is 5. The molecule has 0 saturated carbocycles. The molecule has 1 atom stereocenters. The lowest BCUT2D eigenvalue weighted by Crippen LogP contribution is -2.16. The smallest absolute Gasteiger partial charge is 0.313 e. The fraction of sp³-hybridized carbons (Fsp3) is 0.417. The summed E-state index contributed by atoms with van der Waals surface area (Å²) in [6.45, 7) is 1.82. The van der Waals surface area contributed by atoms with Crippen molar-refractivity contribution in [2.24, 2.45) is 0 Å². The van der Waals surface area contributed by atoms with E-state index in [1.165, 1.54) is 13.2 Å². The Balaban J connectivity index is 3.19. The predicted molar refractivity (Wildman–Crippen MR) is 67.0 cm³/mol. The van der Waals surface area contributed by atoms with Crippen LogP contribution in [0.2, 0.25) is 0 Å². The molecular formula is C12H16O5S. The maximum Gasteiger partial charge on any atom is 0.313 e. The quantitative estimate of drug-likeness (QED) is 0.602. The maximum atomic E-state index is 11.6. The van der Waals surface area contributed by atoms with Gasteiger partial charge in [0.05, 0.1) is 19.3 Å². The Kier molecular flexibility index (Phi) is 4.72. The Bertz CT molecular complexity index is 521. The van der Waals surface area contributed by atoms with Crippen molar-refractivity contribution >= 4 is 16.1 Å². The second kappa shape index (κ2) is 5.86. The molecule has 0 aliphatic carbocycles. The van der Waals surface area contributed by atoms with E-state index in [2.05, 4.69) is 0 Å². The van der Waals surface area contributed by atoms with Crippen LogP contribution in [0.4, 0.5) is 0 Å². The van der Waals surface area contributed by atoms with Gasteiger partial charge in [-0.15, -0.1) is 0 Å². The van der Waals surface area contributed by atoms with Gasteiger partial charge in [-0.25, -0.2) is 0 Å². The molecule has 100 valence electrons. The normalized spacial score (nSPS) is 12.8. The number of carbonyl (C=O) groups is 1. The molecule has 0 aliphatic heterocycles. The van der Waals surface area contributed by atoms with E-state index < -0.39 is 22.0 Å². The molecule has 0 N–H and O–H groups in total. The summed E-state index contributed by atoms with van der Waals surface area (Å²) in [6.07, 6.45) is 1.46. The first-order chi connectivity index (χ1) is 8.39. The van der Waals surface area contributed by atoms with E-state index >= 15 is 0 Å². The van der Waals surface area contributed by atoms with Crippen LogP contribution in [0.5, 0.6) is 5.75 Å². The molecule has 1 rings (SSSR count). The molecule has 1 aromatic rings. The highest BCUT2D eigenvalue weighted by atomic mass is 32.2. The first kappa shape index (κ1) is 14.5. The molecule has 1 unspecified atom stereocenters. The predicted octanol–water partition coefficient (Wildman–Crippen LogP) is 1.69. The third-order valence-corrected chi connectivity index (χ3v) is 2.91. The minimum Gasteiger partial charge on any atom is -0.469 e. The second-order valence-corrected chi connectivity index (χ2v) is 5.38. The SMILES string of the molecule is CCC(C(=O)OC)c1ccccc1OS(C)(=O)=O. The molecular weight excluding hydrogens is 256 g/mol. The van der Waals surface area contributed by atoms with Gasteiger partial charge in [0, 0.05) is 5.56 Å². The summed E-state index contributed by atoms with van der Waals surface area (Å²) in [5, 5.41) is 0. The van der Waals surface area contributed by atoms with Crippen LogP contribution in [0.3, 0.4) is 0 Å². The number of esters is 1. The van der Waals surface area contributed by atoms with Crippen molar-refractivity contribution in [2.75, 3.05) is 13.4 Å². The summed E-state index contributed by atoms with van der Waals surface area (Å²) < 4.78 is 31.9. The molecule has 18 heavy (non-hydrogen) atoms. The van der Waals surface area contributed by atoms with Crippen LogP contribution in [0.25, 0.3) is 0 Å². The third kappa shape index (κ3) is 3.73. The van der Waals surface area contributed by atoms with E-state index in [0.29, 0.717) is 12.0 Å². The summed E-state index contributed by atoms with van der Waals surface area (Å²) >= 11 is 0. The Morgan fingerprint density at radius 1 is 1.33 bits per heavy atom. The topological polar surface area (TPSA) is 69.7 Å². The summed E-state index contributed by atoms with van der Waals surface area (Å²) in [5.74, 6) is -0.785. The minimum absolute atomic E-state index is 0.164. The first-order valence-corrected chi connectivity index (χ1v) is 7.27. The molecule has 0 saturated heterocycles. The molecule has 0 amide bonds. The second-order valence-electron chi connectivity index (χ2n) is 3.81. The molecule has 0 spiro atoms. The zero-order valence-corrected chi connectivity index (χ0v) is 11.4. The molecule has 0 radical (unpaired) electrons. The first-order valence-electron chi connectivity index (χ1n) is 5.45. The van der Waals surface area contributed by atoms with Crippen LogP contribution in [0, 0.1) is 0 Å². The van der Waals surface area contributed by atoms with E-state index in [-0.39, 0.29) is 5.75 Å². The van der Waals surface area contributed by atoms with Crippen molar-refractivity contribution in [1.82, 2.24) is 0 Å². The zero-order chi connectivity index (χ0) is 13.8. The summed E-state index contributed by atoms with van der Waals surface area (Å²) in [4.78, 5) is 11.6. The lowest BCUT2D eigenvalue weighted by molar-refractivity contribution is -0.142. The van der Waals surface area contributed by atoms with Crippen molar-refractivity contribution in [3.8, 4) is 5.75 Å². The molecule has 1 aromatic carbocycles. The summed E-state index contributed by atoms with van der Waals surface area (Å²) in [5.41, 5.74) is 0.511. The summed E-state index contributed by atoms with van der Waals surface area (Å²) in [7, 11) is -2.33. The number of carbonyl (C=O) groups excluding carboxylic acids is 1. The molecule has 0 aromatic heterocycles. The van der Waals surface area contributed by atoms with Gasteiger partial charge >= 0.3 is 16.1 Å². The van der Waals surface area contributed by atoms with Crippen LogP contribution < -0.4 is 4.18 Å². The molecule has 6 heteroatoms. The van der Waals surface area contributed by atoms with Gasteiger partial charge in [0.1, 0.15) is 5.75 Å². The Hall–Kier alpha value is -1.56. The Morgan fingerprint density at radius 3 is 2.44 bits per heavy atom. The number of hydrogen-bond acceptors (Lipinski definition) is 5. The van der Waals surface area contributed by atoms with Gasteiger partial charge in [-0.05, 0) is 12.5 Å². The minimum atomic E-state index is -3.63. The van der Waals surface area contributed by atoms with Crippen LogP contribution in [0.1, 0.15) is 24.8 Å². The van der Waals surface area contributed by atoms with E-state index in [0.717, 1.165) is 6.26 Å². The molecule has 0 fully saturated rings. The van der Waals surface area contributed by atoms with Crippen molar-refractivity contribution in [3.63, 3.8) is 0 Å². The van der Waals surface area contributed by atoms with E-state index in [1.807, 2.05) is 6.92 Å². The lowest BCUT2D eigenvalue weighted by Gasteiger charge is -2.16. The highest BCUT2D eigenvalue weighted by Gasteiger charge is 2.24. The number of benzene rings is 1. The zero-order valence-electron chi connectivity index (χ0n) is 10.5. The van der Waals surface area contributed by atoms with E-state index in [9.17, 15) is 13.2 Å². The average molecular weight is 272 g/mol. The Morgan fingerprint density at radius 2 is 1.94 bits per heavy atom. The fourth-order valence-electron chi connectivity index (χ4n) is 1.66. The van der Waals surface area contributed by atoms with Crippen molar-refractivity contribution < 1.29 is 22.1 Å². The van der Waals surface area contributed by atoms with Gasteiger partial charge in [0.2, 0.25) is 0 Å². The monoisotopic (exact) mass is 272 g/mol. The Labute approximate surface area is 107 Å². The molecule has 0 aliphatic rings. The van der Waals surface area contributed by atoms with E-state index in [4.69, 9.17) is 8.92 Å². The standard InChI is InChI=1S/C12H16O5S/c1-4-9(12(13)16-2)10-7-5-6-8-11(10)17-18(3,14)15/h5-9H,4H2,1-3H3. The van der Waals surface area contributed by atoms with Crippen LogP contribution in [-0.2, 0) is 19.6 Å². The van der Waals surface area contributed by atoms with Crippen LogP contribution in [0.15, 0.2) is 24.3 Å². The highest BCUT2D eigenvalue weighted by Crippen LogP contribution is 2.30. The summed E-state index contributed by atoms with van der Waals surface area (Å²) in [6, 6.07) is 6.54. The maximum absolute atomic E-state index is 11.6. The van der Waals surface area contributed by atoms with Gasteiger partial charge in [-0.3, -0.25) is 4.79 Å². The van der Waals surface area contributed by atoms with Gasteiger partial charge in [0.15, 0.2) is 0 Å². The van der Waals surface area contributed by atoms with Gasteiger partial charge in [0.25, 0.3) is 0 Å². The van der Waals surface area contributed by atoms with E-state index in [1.54, 1.807) is 18.2 Å². The van der Waals surface area contributed by atoms with Crippen LogP contribution in [-0.4, -0.2) is 27.8 Å². The number of methoxy groups -OCH3 is 1. The van der Waals surface area contributed by atoms with Gasteiger partial charge in [-0.2, -0.15) is 8.42 Å². The molecule has 5 nitrogen and oxygen atoms in total. The van der Waals surface area contributed by atoms with Crippen molar-refractivity contribution in [3.05, 3.63) is 29.8 Å². The molecule has 0 bridgehead atoms. The number of para-hydroxylation sites is 1. The van der Waals surface area contributed by atoms with Crippen molar-refractivity contribution in [1.29, 1.82) is 0 Å². The molecule has 0 heterocycles. The number of ether oxygens (including phenoxy) is 1.